The van der Waals surface area contributed by atoms with Crippen molar-refractivity contribution in [2.24, 2.45) is 5.92 Å². The Morgan fingerprint density at radius 2 is 2.06 bits per heavy atom. The summed E-state index contributed by atoms with van der Waals surface area (Å²) in [5.74, 6) is 1.00. The van der Waals surface area contributed by atoms with Crippen molar-refractivity contribution in [2.45, 2.75) is 6.42 Å². The van der Waals surface area contributed by atoms with E-state index in [2.05, 4.69) is 29.6 Å². The number of hydrogen-bond acceptors (Lipinski definition) is 3. The van der Waals surface area contributed by atoms with Crippen molar-refractivity contribution in [2.75, 3.05) is 24.6 Å². The first-order valence-corrected chi connectivity index (χ1v) is 8.10. The SMILES string of the molecule is O=S1(=O)CCC(CNCC=Cc2ccccc2)C1. The minimum atomic E-state index is -2.74. The van der Waals surface area contributed by atoms with E-state index in [1.54, 1.807) is 0 Å². The summed E-state index contributed by atoms with van der Waals surface area (Å²) < 4.78 is 22.5. The van der Waals surface area contributed by atoms with E-state index < -0.39 is 9.84 Å². The Hall–Kier alpha value is -1.13. The van der Waals surface area contributed by atoms with Crippen molar-refractivity contribution in [3.63, 3.8) is 0 Å². The Morgan fingerprint density at radius 3 is 2.72 bits per heavy atom. The van der Waals surface area contributed by atoms with Gasteiger partial charge >= 0.3 is 0 Å². The molecule has 0 spiro atoms. The summed E-state index contributed by atoms with van der Waals surface area (Å²) in [6, 6.07) is 10.1. The molecule has 98 valence electrons. The van der Waals surface area contributed by atoms with Gasteiger partial charge in [0.1, 0.15) is 0 Å². The highest BCUT2D eigenvalue weighted by atomic mass is 32.2. The van der Waals surface area contributed by atoms with Crippen LogP contribution in [0.5, 0.6) is 0 Å². The van der Waals surface area contributed by atoms with Gasteiger partial charge in [0.25, 0.3) is 0 Å². The van der Waals surface area contributed by atoms with E-state index in [1.807, 2.05) is 18.2 Å². The van der Waals surface area contributed by atoms with E-state index in [4.69, 9.17) is 0 Å². The fourth-order valence-corrected chi connectivity index (χ4v) is 4.02. The molecule has 1 aliphatic heterocycles. The third-order valence-electron chi connectivity index (χ3n) is 3.13. The predicted molar refractivity (Wildman–Crippen MR) is 75.1 cm³/mol. The van der Waals surface area contributed by atoms with E-state index in [-0.39, 0.29) is 0 Å². The van der Waals surface area contributed by atoms with Gasteiger partial charge in [-0.05, 0) is 24.4 Å². The van der Waals surface area contributed by atoms with E-state index >= 15 is 0 Å². The molecule has 0 saturated carbocycles. The Morgan fingerprint density at radius 1 is 1.28 bits per heavy atom. The zero-order valence-electron chi connectivity index (χ0n) is 10.4. The third-order valence-corrected chi connectivity index (χ3v) is 4.97. The molecular weight excluding hydrogens is 246 g/mol. The monoisotopic (exact) mass is 265 g/mol. The average molecular weight is 265 g/mol. The van der Waals surface area contributed by atoms with Crippen LogP contribution in [0.25, 0.3) is 6.08 Å². The summed E-state index contributed by atoms with van der Waals surface area (Å²) in [6.07, 6.45) is 4.94. The lowest BCUT2D eigenvalue weighted by molar-refractivity contribution is 0.540. The van der Waals surface area contributed by atoms with E-state index in [0.717, 1.165) is 19.5 Å². The first kappa shape index (κ1) is 13.3. The van der Waals surface area contributed by atoms with Gasteiger partial charge in [0.2, 0.25) is 0 Å². The van der Waals surface area contributed by atoms with Gasteiger partial charge in [0.05, 0.1) is 11.5 Å². The quantitative estimate of drug-likeness (QED) is 0.825. The molecule has 1 N–H and O–H groups in total. The van der Waals surface area contributed by atoms with Gasteiger partial charge in [-0.1, -0.05) is 42.5 Å². The van der Waals surface area contributed by atoms with Crippen molar-refractivity contribution >= 4 is 15.9 Å². The fraction of sp³-hybridized carbons (Fsp3) is 0.429. The summed E-state index contributed by atoms with van der Waals surface area (Å²) >= 11 is 0. The maximum absolute atomic E-state index is 11.3. The van der Waals surface area contributed by atoms with Crippen LogP contribution in [0.3, 0.4) is 0 Å². The highest BCUT2D eigenvalue weighted by Gasteiger charge is 2.26. The van der Waals surface area contributed by atoms with Gasteiger partial charge in [0, 0.05) is 6.54 Å². The number of nitrogens with one attached hydrogen (secondary N) is 1. The molecule has 0 radical (unpaired) electrons. The average Bonchev–Trinajstić information content (AvgIpc) is 2.70. The zero-order valence-corrected chi connectivity index (χ0v) is 11.2. The summed E-state index contributed by atoms with van der Waals surface area (Å²) in [6.45, 7) is 1.57. The van der Waals surface area contributed by atoms with E-state index in [1.165, 1.54) is 5.56 Å². The van der Waals surface area contributed by atoms with E-state index in [9.17, 15) is 8.42 Å². The second-order valence-corrected chi connectivity index (χ2v) is 6.97. The van der Waals surface area contributed by atoms with Gasteiger partial charge in [-0.2, -0.15) is 0 Å². The molecule has 4 heteroatoms. The molecular formula is C14H19NO2S. The second kappa shape index (κ2) is 6.16. The Labute approximate surface area is 109 Å². The first-order valence-electron chi connectivity index (χ1n) is 6.28. The summed E-state index contributed by atoms with van der Waals surface area (Å²) in [7, 11) is -2.74. The minimum absolute atomic E-state index is 0.292. The van der Waals surface area contributed by atoms with Gasteiger partial charge in [0.15, 0.2) is 9.84 Å². The van der Waals surface area contributed by atoms with Crippen LogP contribution in [-0.2, 0) is 9.84 Å². The topological polar surface area (TPSA) is 46.2 Å². The Balaban J connectivity index is 1.66. The lowest BCUT2D eigenvalue weighted by Crippen LogP contribution is -2.23. The fourth-order valence-electron chi connectivity index (χ4n) is 2.16. The minimum Gasteiger partial charge on any atom is -0.313 e. The Bertz CT molecular complexity index is 494. The van der Waals surface area contributed by atoms with Crippen molar-refractivity contribution in [3.05, 3.63) is 42.0 Å². The first-order chi connectivity index (χ1) is 8.66. The predicted octanol–water partition coefficient (Wildman–Crippen LogP) is 1.72. The summed E-state index contributed by atoms with van der Waals surface area (Å²) in [5, 5.41) is 3.28. The molecule has 1 atom stereocenters. The van der Waals surface area contributed by atoms with Crippen LogP contribution in [0.4, 0.5) is 0 Å². The molecule has 18 heavy (non-hydrogen) atoms. The molecule has 1 fully saturated rings. The van der Waals surface area contributed by atoms with Gasteiger partial charge in [-0.15, -0.1) is 0 Å². The molecule has 0 aliphatic carbocycles. The van der Waals surface area contributed by atoms with Crippen molar-refractivity contribution in [3.8, 4) is 0 Å². The van der Waals surface area contributed by atoms with Gasteiger partial charge in [-0.25, -0.2) is 8.42 Å². The second-order valence-electron chi connectivity index (χ2n) is 4.74. The number of sulfone groups is 1. The molecule has 1 aliphatic rings. The molecule has 1 aromatic rings. The number of benzene rings is 1. The van der Waals surface area contributed by atoms with Crippen molar-refractivity contribution in [1.29, 1.82) is 0 Å². The Kier molecular flexibility index (Phi) is 4.55. The van der Waals surface area contributed by atoms with Crippen LogP contribution in [0.1, 0.15) is 12.0 Å². The summed E-state index contributed by atoms with van der Waals surface area (Å²) in [5.41, 5.74) is 1.18. The summed E-state index contributed by atoms with van der Waals surface area (Å²) in [4.78, 5) is 0. The molecule has 0 amide bonds. The highest BCUT2D eigenvalue weighted by molar-refractivity contribution is 7.91. The van der Waals surface area contributed by atoms with Crippen LogP contribution < -0.4 is 5.32 Å². The standard InChI is InChI=1S/C14H19NO2S/c16-18(17)10-8-14(12-18)11-15-9-4-7-13-5-2-1-3-6-13/h1-7,14-15H,8-12H2. The van der Waals surface area contributed by atoms with Crippen molar-refractivity contribution < 1.29 is 8.42 Å². The zero-order chi connectivity index (χ0) is 12.8. The molecule has 1 saturated heterocycles. The number of hydrogen-bond donors (Lipinski definition) is 1. The molecule has 0 bridgehead atoms. The van der Waals surface area contributed by atoms with Crippen LogP contribution in [-0.4, -0.2) is 33.0 Å². The lowest BCUT2D eigenvalue weighted by Gasteiger charge is -2.07. The van der Waals surface area contributed by atoms with Crippen LogP contribution in [0.2, 0.25) is 0 Å². The lowest BCUT2D eigenvalue weighted by atomic mass is 10.1. The van der Waals surface area contributed by atoms with Crippen LogP contribution in [0.15, 0.2) is 36.4 Å². The normalized spacial score (nSPS) is 22.6. The maximum Gasteiger partial charge on any atom is 0.150 e. The van der Waals surface area contributed by atoms with E-state index in [0.29, 0.717) is 17.4 Å². The van der Waals surface area contributed by atoms with Gasteiger partial charge in [-0.3, -0.25) is 0 Å². The maximum atomic E-state index is 11.3. The smallest absolute Gasteiger partial charge is 0.150 e. The van der Waals surface area contributed by atoms with Crippen molar-refractivity contribution in [1.82, 2.24) is 5.32 Å². The van der Waals surface area contributed by atoms with Crippen LogP contribution >= 0.6 is 0 Å². The highest BCUT2D eigenvalue weighted by Crippen LogP contribution is 2.17. The molecule has 2 rings (SSSR count). The molecule has 3 nitrogen and oxygen atoms in total. The number of rotatable bonds is 5. The van der Waals surface area contributed by atoms with Gasteiger partial charge < -0.3 is 5.32 Å². The van der Waals surface area contributed by atoms with Crippen LogP contribution in [0, 0.1) is 5.92 Å². The molecule has 1 aromatic carbocycles. The molecule has 1 heterocycles. The largest absolute Gasteiger partial charge is 0.313 e. The molecule has 1 unspecified atom stereocenters. The third kappa shape index (κ3) is 4.27. The molecule has 0 aromatic heterocycles.